The third-order valence-corrected chi connectivity index (χ3v) is 4.24. The Morgan fingerprint density at radius 1 is 1.08 bits per heavy atom. The standard InChI is InChI=1S/C19H30N2O3/c1-4-5-17-6-7-18(19(16-17)22-3)24-15-14-23-13-12-21-10-8-20(2)9-11-21/h4,6-7,16H,1,5,8-15H2,2-3H3. The van der Waals surface area contributed by atoms with E-state index >= 15 is 0 Å². The smallest absolute Gasteiger partial charge is 0.161 e. The van der Waals surface area contributed by atoms with Gasteiger partial charge in [-0.05, 0) is 31.2 Å². The molecule has 0 bridgehead atoms. The molecule has 1 aromatic rings. The fourth-order valence-electron chi connectivity index (χ4n) is 2.70. The summed E-state index contributed by atoms with van der Waals surface area (Å²) in [5, 5.41) is 0. The first-order chi connectivity index (χ1) is 11.7. The van der Waals surface area contributed by atoms with Crippen LogP contribution in [0.2, 0.25) is 0 Å². The molecule has 0 N–H and O–H groups in total. The zero-order valence-electron chi connectivity index (χ0n) is 15.0. The second-order valence-corrected chi connectivity index (χ2v) is 6.08. The minimum atomic E-state index is 0.528. The van der Waals surface area contributed by atoms with Gasteiger partial charge in [0.25, 0.3) is 0 Å². The van der Waals surface area contributed by atoms with Crippen molar-refractivity contribution in [2.24, 2.45) is 0 Å². The van der Waals surface area contributed by atoms with Gasteiger partial charge >= 0.3 is 0 Å². The van der Waals surface area contributed by atoms with E-state index in [1.165, 1.54) is 0 Å². The maximum atomic E-state index is 5.77. The van der Waals surface area contributed by atoms with Gasteiger partial charge in [-0.3, -0.25) is 4.90 Å². The Kier molecular flexibility index (Phi) is 8.08. The van der Waals surface area contributed by atoms with Crippen molar-refractivity contribution in [3.05, 3.63) is 36.4 Å². The van der Waals surface area contributed by atoms with Gasteiger partial charge in [-0.15, -0.1) is 6.58 Å². The molecule has 0 unspecified atom stereocenters. The number of benzene rings is 1. The number of likely N-dealkylation sites (N-methyl/N-ethyl adjacent to an activating group) is 1. The van der Waals surface area contributed by atoms with E-state index in [9.17, 15) is 0 Å². The van der Waals surface area contributed by atoms with Gasteiger partial charge < -0.3 is 19.1 Å². The predicted octanol–water partition coefficient (Wildman–Crippen LogP) is 2.07. The first-order valence-electron chi connectivity index (χ1n) is 8.62. The molecule has 24 heavy (non-hydrogen) atoms. The molecule has 0 radical (unpaired) electrons. The van der Waals surface area contributed by atoms with E-state index in [4.69, 9.17) is 14.2 Å². The topological polar surface area (TPSA) is 34.2 Å². The average molecular weight is 334 g/mol. The maximum Gasteiger partial charge on any atom is 0.161 e. The summed E-state index contributed by atoms with van der Waals surface area (Å²) in [5.74, 6) is 1.51. The highest BCUT2D eigenvalue weighted by molar-refractivity contribution is 5.43. The van der Waals surface area contributed by atoms with Gasteiger partial charge in [0.2, 0.25) is 0 Å². The lowest BCUT2D eigenvalue weighted by Crippen LogP contribution is -2.45. The largest absolute Gasteiger partial charge is 0.493 e. The van der Waals surface area contributed by atoms with Crippen molar-refractivity contribution in [3.63, 3.8) is 0 Å². The summed E-state index contributed by atoms with van der Waals surface area (Å²) in [4.78, 5) is 4.81. The molecule has 1 aliphatic rings. The van der Waals surface area contributed by atoms with Crippen molar-refractivity contribution in [1.82, 2.24) is 9.80 Å². The van der Waals surface area contributed by atoms with E-state index in [0.717, 1.165) is 62.8 Å². The van der Waals surface area contributed by atoms with Gasteiger partial charge in [-0.2, -0.15) is 0 Å². The van der Waals surface area contributed by atoms with Gasteiger partial charge in [-0.1, -0.05) is 12.1 Å². The summed E-state index contributed by atoms with van der Waals surface area (Å²) >= 11 is 0. The van der Waals surface area contributed by atoms with E-state index in [-0.39, 0.29) is 0 Å². The quantitative estimate of drug-likeness (QED) is 0.483. The molecule has 0 aliphatic carbocycles. The predicted molar refractivity (Wildman–Crippen MR) is 97.1 cm³/mol. The highest BCUT2D eigenvalue weighted by atomic mass is 16.5. The number of piperazine rings is 1. The highest BCUT2D eigenvalue weighted by Crippen LogP contribution is 2.28. The second kappa shape index (κ2) is 10.3. The lowest BCUT2D eigenvalue weighted by atomic mass is 10.1. The number of rotatable bonds is 10. The molecule has 0 spiro atoms. The Morgan fingerprint density at radius 3 is 2.58 bits per heavy atom. The van der Waals surface area contributed by atoms with Crippen LogP contribution in [0.3, 0.4) is 0 Å². The lowest BCUT2D eigenvalue weighted by molar-refractivity contribution is 0.0653. The Hall–Kier alpha value is -1.56. The van der Waals surface area contributed by atoms with E-state index in [0.29, 0.717) is 13.2 Å². The Balaban J connectivity index is 1.62. The normalized spacial score (nSPS) is 16.1. The Labute approximate surface area is 145 Å². The summed E-state index contributed by atoms with van der Waals surface area (Å²) in [6.45, 7) is 11.2. The lowest BCUT2D eigenvalue weighted by Gasteiger charge is -2.32. The molecule has 1 heterocycles. The molecule has 0 atom stereocenters. The van der Waals surface area contributed by atoms with Crippen molar-refractivity contribution in [2.75, 3.05) is 66.7 Å². The SMILES string of the molecule is C=CCc1ccc(OCCOCCN2CCN(C)CC2)c(OC)c1. The van der Waals surface area contributed by atoms with Crippen LogP contribution in [0, 0.1) is 0 Å². The van der Waals surface area contributed by atoms with Crippen LogP contribution >= 0.6 is 0 Å². The van der Waals surface area contributed by atoms with Crippen molar-refractivity contribution in [1.29, 1.82) is 0 Å². The summed E-state index contributed by atoms with van der Waals surface area (Å²) in [6, 6.07) is 5.97. The monoisotopic (exact) mass is 334 g/mol. The molecule has 2 rings (SSSR count). The van der Waals surface area contributed by atoms with Crippen molar-refractivity contribution in [3.8, 4) is 11.5 Å². The van der Waals surface area contributed by atoms with Crippen molar-refractivity contribution in [2.45, 2.75) is 6.42 Å². The van der Waals surface area contributed by atoms with Crippen molar-refractivity contribution < 1.29 is 14.2 Å². The van der Waals surface area contributed by atoms with E-state index < -0.39 is 0 Å². The highest BCUT2D eigenvalue weighted by Gasteiger charge is 2.12. The number of hydrogen-bond acceptors (Lipinski definition) is 5. The fourth-order valence-corrected chi connectivity index (χ4v) is 2.70. The molecular weight excluding hydrogens is 304 g/mol. The fraction of sp³-hybridized carbons (Fsp3) is 0.579. The number of methoxy groups -OCH3 is 1. The zero-order valence-corrected chi connectivity index (χ0v) is 15.0. The van der Waals surface area contributed by atoms with Crippen LogP contribution in [0.5, 0.6) is 11.5 Å². The molecular formula is C19H30N2O3. The van der Waals surface area contributed by atoms with Crippen LogP contribution in [0.25, 0.3) is 0 Å². The Bertz CT molecular complexity index is 499. The van der Waals surface area contributed by atoms with Crippen molar-refractivity contribution >= 4 is 0 Å². The molecule has 1 aromatic carbocycles. The van der Waals surface area contributed by atoms with Gasteiger partial charge in [0.15, 0.2) is 11.5 Å². The molecule has 1 aliphatic heterocycles. The number of ether oxygens (including phenoxy) is 3. The zero-order chi connectivity index (χ0) is 17.2. The molecule has 5 heteroatoms. The second-order valence-electron chi connectivity index (χ2n) is 6.08. The number of nitrogens with zero attached hydrogens (tertiary/aromatic N) is 2. The molecule has 1 saturated heterocycles. The average Bonchev–Trinajstić information content (AvgIpc) is 2.60. The summed E-state index contributed by atoms with van der Waals surface area (Å²) < 4.78 is 16.8. The Morgan fingerprint density at radius 2 is 1.88 bits per heavy atom. The van der Waals surface area contributed by atoms with E-state index in [1.54, 1.807) is 7.11 Å². The molecule has 134 valence electrons. The summed E-state index contributed by atoms with van der Waals surface area (Å²) in [6.07, 6.45) is 2.70. The van der Waals surface area contributed by atoms with E-state index in [1.807, 2.05) is 24.3 Å². The van der Waals surface area contributed by atoms with Gasteiger partial charge in [0.1, 0.15) is 6.61 Å². The van der Waals surface area contributed by atoms with Crippen LogP contribution in [-0.4, -0.2) is 76.5 Å². The van der Waals surface area contributed by atoms with Crippen LogP contribution in [-0.2, 0) is 11.2 Å². The summed E-state index contributed by atoms with van der Waals surface area (Å²) in [5.41, 5.74) is 1.16. The van der Waals surface area contributed by atoms with Crippen LogP contribution in [0.4, 0.5) is 0 Å². The van der Waals surface area contributed by atoms with Gasteiger partial charge in [-0.25, -0.2) is 0 Å². The first kappa shape index (κ1) is 18.8. The molecule has 0 amide bonds. The van der Waals surface area contributed by atoms with Crippen LogP contribution in [0.15, 0.2) is 30.9 Å². The number of hydrogen-bond donors (Lipinski definition) is 0. The van der Waals surface area contributed by atoms with Gasteiger partial charge in [0, 0.05) is 32.7 Å². The third kappa shape index (κ3) is 6.15. The van der Waals surface area contributed by atoms with Gasteiger partial charge in [0.05, 0.1) is 20.3 Å². The minimum Gasteiger partial charge on any atom is -0.493 e. The molecule has 0 aromatic heterocycles. The molecule has 0 saturated carbocycles. The molecule has 5 nitrogen and oxygen atoms in total. The summed E-state index contributed by atoms with van der Waals surface area (Å²) in [7, 11) is 3.83. The van der Waals surface area contributed by atoms with E-state index in [2.05, 4.69) is 23.4 Å². The maximum absolute atomic E-state index is 5.77. The molecule has 1 fully saturated rings. The third-order valence-electron chi connectivity index (χ3n) is 4.24. The van der Waals surface area contributed by atoms with Crippen LogP contribution < -0.4 is 9.47 Å². The minimum absolute atomic E-state index is 0.528. The van der Waals surface area contributed by atoms with Crippen LogP contribution in [0.1, 0.15) is 5.56 Å². The first-order valence-corrected chi connectivity index (χ1v) is 8.62. The number of allylic oxidation sites excluding steroid dienone is 1.